The maximum atomic E-state index is 12.2. The average molecular weight is 316 g/mol. The van der Waals surface area contributed by atoms with Gasteiger partial charge in [-0.1, -0.05) is 26.0 Å². The quantitative estimate of drug-likeness (QED) is 0.898. The van der Waals surface area contributed by atoms with Crippen LogP contribution in [-0.4, -0.2) is 37.4 Å². The lowest BCUT2D eigenvalue weighted by atomic mass is 9.95. The van der Waals surface area contributed by atoms with Crippen LogP contribution >= 0.6 is 0 Å². The van der Waals surface area contributed by atoms with Gasteiger partial charge in [0.2, 0.25) is 0 Å². The van der Waals surface area contributed by atoms with Crippen molar-refractivity contribution >= 4 is 0 Å². The second kappa shape index (κ2) is 7.33. The van der Waals surface area contributed by atoms with Crippen LogP contribution in [0.3, 0.4) is 0 Å². The van der Waals surface area contributed by atoms with Gasteiger partial charge in [-0.3, -0.25) is 4.90 Å². The summed E-state index contributed by atoms with van der Waals surface area (Å²) in [6, 6.07) is 6.53. The fraction of sp³-hybridized carbons (Fsp3) is 0.625. The van der Waals surface area contributed by atoms with Gasteiger partial charge in [-0.05, 0) is 30.0 Å². The summed E-state index contributed by atoms with van der Waals surface area (Å²) in [5.41, 5.74) is 1.05. The molecule has 2 rings (SSSR count). The molecule has 0 radical (unpaired) electrons. The first-order valence-corrected chi connectivity index (χ1v) is 7.65. The number of piperazine rings is 1. The highest BCUT2D eigenvalue weighted by atomic mass is 19.4. The van der Waals surface area contributed by atoms with E-state index in [-0.39, 0.29) is 11.8 Å². The largest absolute Gasteiger partial charge is 0.573 e. The van der Waals surface area contributed by atoms with Crippen molar-refractivity contribution in [3.63, 3.8) is 0 Å². The minimum absolute atomic E-state index is 0.167. The van der Waals surface area contributed by atoms with Crippen LogP contribution in [0.5, 0.6) is 5.75 Å². The number of halogens is 3. The van der Waals surface area contributed by atoms with Crippen LogP contribution < -0.4 is 10.1 Å². The molecule has 0 aromatic heterocycles. The smallest absolute Gasteiger partial charge is 0.406 e. The van der Waals surface area contributed by atoms with Crippen molar-refractivity contribution in [1.82, 2.24) is 10.2 Å². The van der Waals surface area contributed by atoms with Gasteiger partial charge in [0.1, 0.15) is 5.75 Å². The van der Waals surface area contributed by atoms with E-state index in [0.29, 0.717) is 5.92 Å². The average Bonchev–Trinajstić information content (AvgIpc) is 2.45. The summed E-state index contributed by atoms with van der Waals surface area (Å²) in [6.45, 7) is 8.14. The molecule has 1 heterocycles. The topological polar surface area (TPSA) is 24.5 Å². The van der Waals surface area contributed by atoms with Crippen molar-refractivity contribution in [2.75, 3.05) is 26.2 Å². The fourth-order valence-electron chi connectivity index (χ4n) is 2.83. The Morgan fingerprint density at radius 1 is 1.14 bits per heavy atom. The second-order valence-corrected chi connectivity index (χ2v) is 6.05. The molecule has 0 unspecified atom stereocenters. The van der Waals surface area contributed by atoms with E-state index in [0.717, 1.165) is 38.2 Å². The molecule has 1 saturated heterocycles. The van der Waals surface area contributed by atoms with Gasteiger partial charge in [-0.25, -0.2) is 0 Å². The van der Waals surface area contributed by atoms with E-state index >= 15 is 0 Å². The molecular formula is C16H23F3N2O. The molecule has 1 aromatic rings. The van der Waals surface area contributed by atoms with E-state index < -0.39 is 6.36 Å². The van der Waals surface area contributed by atoms with E-state index in [1.165, 1.54) is 12.1 Å². The lowest BCUT2D eigenvalue weighted by Crippen LogP contribution is -2.45. The Labute approximate surface area is 129 Å². The predicted octanol–water partition coefficient (Wildman–Crippen LogP) is 3.58. The van der Waals surface area contributed by atoms with Gasteiger partial charge in [0.05, 0.1) is 0 Å². The van der Waals surface area contributed by atoms with Crippen molar-refractivity contribution in [1.29, 1.82) is 0 Å². The van der Waals surface area contributed by atoms with Gasteiger partial charge in [0.25, 0.3) is 0 Å². The number of nitrogens with one attached hydrogen (secondary N) is 1. The van der Waals surface area contributed by atoms with Crippen LogP contribution in [0.4, 0.5) is 13.2 Å². The Bertz CT molecular complexity index is 453. The third kappa shape index (κ3) is 5.18. The number of nitrogens with zero attached hydrogens (tertiary/aromatic N) is 1. The third-order valence-corrected chi connectivity index (χ3v) is 3.79. The van der Waals surface area contributed by atoms with Gasteiger partial charge in [-0.15, -0.1) is 13.2 Å². The standard InChI is InChI=1S/C16H23F3N2O/c1-12(2)11-15(21-9-7-20-8-10-21)13-3-5-14(6-4-13)22-16(17,18)19/h3-6,12,15,20H,7-11H2,1-2H3/t15-/m0/s1. The van der Waals surface area contributed by atoms with Gasteiger partial charge in [-0.2, -0.15) is 0 Å². The number of hydrogen-bond acceptors (Lipinski definition) is 3. The summed E-state index contributed by atoms with van der Waals surface area (Å²) in [5.74, 6) is 0.353. The lowest BCUT2D eigenvalue weighted by molar-refractivity contribution is -0.274. The summed E-state index contributed by atoms with van der Waals surface area (Å²) in [5, 5.41) is 3.32. The molecule has 0 aliphatic carbocycles. The number of benzene rings is 1. The lowest BCUT2D eigenvalue weighted by Gasteiger charge is -2.36. The van der Waals surface area contributed by atoms with E-state index in [1.807, 2.05) is 0 Å². The molecule has 3 nitrogen and oxygen atoms in total. The summed E-state index contributed by atoms with van der Waals surface area (Å²) in [4.78, 5) is 2.40. The number of rotatable bonds is 5. The Hall–Kier alpha value is -1.27. The number of hydrogen-bond donors (Lipinski definition) is 1. The van der Waals surface area contributed by atoms with Crippen molar-refractivity contribution in [2.45, 2.75) is 32.7 Å². The highest BCUT2D eigenvalue weighted by Crippen LogP contribution is 2.30. The highest BCUT2D eigenvalue weighted by molar-refractivity contribution is 5.29. The maximum Gasteiger partial charge on any atom is 0.573 e. The first-order chi connectivity index (χ1) is 10.3. The van der Waals surface area contributed by atoms with Crippen LogP contribution in [0.15, 0.2) is 24.3 Å². The molecule has 124 valence electrons. The zero-order chi connectivity index (χ0) is 16.2. The Morgan fingerprint density at radius 3 is 2.23 bits per heavy atom. The minimum atomic E-state index is -4.64. The minimum Gasteiger partial charge on any atom is -0.406 e. The zero-order valence-electron chi connectivity index (χ0n) is 13.0. The molecular weight excluding hydrogens is 293 g/mol. The molecule has 0 bridgehead atoms. The highest BCUT2D eigenvalue weighted by Gasteiger charge is 2.31. The third-order valence-electron chi connectivity index (χ3n) is 3.79. The van der Waals surface area contributed by atoms with Crippen LogP contribution in [0, 0.1) is 5.92 Å². The summed E-state index contributed by atoms with van der Waals surface area (Å²) in [6.07, 6.45) is -3.66. The van der Waals surface area contributed by atoms with Gasteiger partial charge in [0.15, 0.2) is 0 Å². The van der Waals surface area contributed by atoms with Crippen LogP contribution in [-0.2, 0) is 0 Å². The van der Waals surface area contributed by atoms with Crippen molar-refractivity contribution in [3.8, 4) is 5.75 Å². The number of ether oxygens (including phenoxy) is 1. The van der Waals surface area contributed by atoms with Crippen LogP contribution in [0.25, 0.3) is 0 Å². The zero-order valence-corrected chi connectivity index (χ0v) is 13.0. The first-order valence-electron chi connectivity index (χ1n) is 7.65. The number of alkyl halides is 3. The Balaban J connectivity index is 2.12. The van der Waals surface area contributed by atoms with Crippen molar-refractivity contribution in [3.05, 3.63) is 29.8 Å². The predicted molar refractivity (Wildman–Crippen MR) is 79.8 cm³/mol. The van der Waals surface area contributed by atoms with Crippen LogP contribution in [0.2, 0.25) is 0 Å². The summed E-state index contributed by atoms with van der Waals surface area (Å²) in [7, 11) is 0. The van der Waals surface area contributed by atoms with Crippen molar-refractivity contribution in [2.24, 2.45) is 5.92 Å². The molecule has 1 aliphatic rings. The second-order valence-electron chi connectivity index (χ2n) is 6.05. The molecule has 0 spiro atoms. The molecule has 22 heavy (non-hydrogen) atoms. The molecule has 1 aliphatic heterocycles. The van der Waals surface area contributed by atoms with Crippen molar-refractivity contribution < 1.29 is 17.9 Å². The molecule has 0 saturated carbocycles. The molecule has 1 fully saturated rings. The Kier molecular flexibility index (Phi) is 5.69. The normalized spacial score (nSPS) is 18.5. The molecule has 1 atom stereocenters. The van der Waals surface area contributed by atoms with E-state index in [1.54, 1.807) is 12.1 Å². The summed E-state index contributed by atoms with van der Waals surface area (Å²) < 4.78 is 40.6. The Morgan fingerprint density at radius 2 is 1.73 bits per heavy atom. The first kappa shape index (κ1) is 17.1. The maximum absolute atomic E-state index is 12.2. The van der Waals surface area contributed by atoms with E-state index in [9.17, 15) is 13.2 Å². The monoisotopic (exact) mass is 316 g/mol. The van der Waals surface area contributed by atoms with E-state index in [2.05, 4.69) is 28.8 Å². The van der Waals surface area contributed by atoms with E-state index in [4.69, 9.17) is 0 Å². The summed E-state index contributed by atoms with van der Waals surface area (Å²) >= 11 is 0. The molecule has 1 N–H and O–H groups in total. The van der Waals surface area contributed by atoms with Gasteiger partial charge >= 0.3 is 6.36 Å². The van der Waals surface area contributed by atoms with Gasteiger partial charge < -0.3 is 10.1 Å². The fourth-order valence-corrected chi connectivity index (χ4v) is 2.83. The molecule has 1 aromatic carbocycles. The molecule has 0 amide bonds. The van der Waals surface area contributed by atoms with Crippen LogP contribution in [0.1, 0.15) is 31.9 Å². The van der Waals surface area contributed by atoms with Gasteiger partial charge in [0, 0.05) is 32.2 Å². The molecule has 6 heteroatoms. The SMILES string of the molecule is CC(C)C[C@@H](c1ccc(OC(F)(F)F)cc1)N1CCNCC1.